The van der Waals surface area contributed by atoms with Gasteiger partial charge in [-0.3, -0.25) is 4.98 Å². The van der Waals surface area contributed by atoms with E-state index >= 15 is 0 Å². The molecule has 1 heterocycles. The Morgan fingerprint density at radius 1 is 1.23 bits per heavy atom. The fraction of sp³-hybridized carbons (Fsp3) is 0.0588. The molecular weight excluding hydrogens is 305 g/mol. The summed E-state index contributed by atoms with van der Waals surface area (Å²) in [6.45, 7) is 0. The average Bonchev–Trinajstić information content (AvgIpc) is 2.53. The Morgan fingerprint density at radius 3 is 2.73 bits per heavy atom. The third-order valence-electron chi connectivity index (χ3n) is 3.38. The van der Waals surface area contributed by atoms with Crippen LogP contribution in [0, 0.1) is 5.82 Å². The van der Waals surface area contributed by atoms with Gasteiger partial charge in [0, 0.05) is 27.7 Å². The number of hydrogen-bond donors (Lipinski definition) is 0. The fourth-order valence-corrected chi connectivity index (χ4v) is 2.56. The molecule has 0 saturated heterocycles. The van der Waals surface area contributed by atoms with Crippen LogP contribution in [0.1, 0.15) is 10.4 Å². The minimum Gasteiger partial charge on any atom is -0.465 e. The van der Waals surface area contributed by atoms with Crippen molar-refractivity contribution < 1.29 is 13.9 Å². The number of pyridine rings is 1. The number of rotatable bonds is 2. The summed E-state index contributed by atoms with van der Waals surface area (Å²) in [5, 5.41) is 1.08. The van der Waals surface area contributed by atoms with Crippen molar-refractivity contribution in [3.05, 3.63) is 65.1 Å². The minimum absolute atomic E-state index is 0.197. The molecule has 0 fully saturated rings. The van der Waals surface area contributed by atoms with Gasteiger partial charge in [0.05, 0.1) is 18.2 Å². The normalized spacial score (nSPS) is 10.7. The summed E-state index contributed by atoms with van der Waals surface area (Å²) in [5.41, 5.74) is 1.55. The van der Waals surface area contributed by atoms with E-state index in [-0.39, 0.29) is 5.56 Å². The minimum atomic E-state index is -0.576. The number of halogens is 2. The number of esters is 1. The van der Waals surface area contributed by atoms with Crippen molar-refractivity contribution in [3.8, 4) is 11.1 Å². The number of carbonyl (C=O) groups excluding carboxylic acids is 1. The molecule has 0 bridgehead atoms. The highest BCUT2D eigenvalue weighted by Crippen LogP contribution is 2.34. The highest BCUT2D eigenvalue weighted by Gasteiger charge is 2.19. The summed E-state index contributed by atoms with van der Waals surface area (Å²) >= 11 is 6.05. The molecule has 3 rings (SSSR count). The molecule has 0 radical (unpaired) electrons. The SMILES string of the molecule is COC(=O)c1cnc2ccc(Cl)cc2c1-c1ccccc1F. The highest BCUT2D eigenvalue weighted by atomic mass is 35.5. The Morgan fingerprint density at radius 2 is 2.00 bits per heavy atom. The lowest BCUT2D eigenvalue weighted by Gasteiger charge is -2.12. The van der Waals surface area contributed by atoms with Crippen molar-refractivity contribution in [1.29, 1.82) is 0 Å². The Kier molecular flexibility index (Phi) is 3.77. The molecule has 0 aliphatic heterocycles. The van der Waals surface area contributed by atoms with Crippen LogP contribution in [0.15, 0.2) is 48.7 Å². The van der Waals surface area contributed by atoms with E-state index in [1.165, 1.54) is 19.4 Å². The van der Waals surface area contributed by atoms with Crippen molar-refractivity contribution in [2.24, 2.45) is 0 Å². The van der Waals surface area contributed by atoms with E-state index in [1.807, 2.05) is 0 Å². The summed E-state index contributed by atoms with van der Waals surface area (Å²) in [6, 6.07) is 11.3. The van der Waals surface area contributed by atoms with Gasteiger partial charge in [-0.25, -0.2) is 9.18 Å². The molecule has 3 aromatic rings. The van der Waals surface area contributed by atoms with Crippen LogP contribution in [0.2, 0.25) is 5.02 Å². The number of nitrogens with zero attached hydrogens (tertiary/aromatic N) is 1. The zero-order valence-electron chi connectivity index (χ0n) is 11.6. The molecule has 110 valence electrons. The van der Waals surface area contributed by atoms with Crippen LogP contribution in [-0.4, -0.2) is 18.1 Å². The number of benzene rings is 2. The Bertz CT molecular complexity index is 880. The second-order valence-electron chi connectivity index (χ2n) is 4.68. The molecule has 0 N–H and O–H groups in total. The first kappa shape index (κ1) is 14.5. The molecule has 5 heteroatoms. The molecule has 0 saturated carbocycles. The molecule has 0 amide bonds. The first-order valence-electron chi connectivity index (χ1n) is 6.53. The van der Waals surface area contributed by atoms with Crippen LogP contribution in [0.4, 0.5) is 4.39 Å². The maximum atomic E-state index is 14.2. The van der Waals surface area contributed by atoms with E-state index in [2.05, 4.69) is 4.98 Å². The monoisotopic (exact) mass is 315 g/mol. The zero-order chi connectivity index (χ0) is 15.7. The molecule has 22 heavy (non-hydrogen) atoms. The predicted molar refractivity (Wildman–Crippen MR) is 83.5 cm³/mol. The van der Waals surface area contributed by atoms with E-state index in [1.54, 1.807) is 36.4 Å². The number of fused-ring (bicyclic) bond motifs is 1. The molecule has 3 nitrogen and oxygen atoms in total. The van der Waals surface area contributed by atoms with Crippen LogP contribution in [0.25, 0.3) is 22.0 Å². The molecule has 0 aliphatic rings. The molecule has 0 atom stereocenters. The van der Waals surface area contributed by atoms with E-state index in [4.69, 9.17) is 16.3 Å². The van der Waals surface area contributed by atoms with Gasteiger partial charge >= 0.3 is 5.97 Å². The Hall–Kier alpha value is -2.46. The van der Waals surface area contributed by atoms with Crippen LogP contribution in [-0.2, 0) is 4.74 Å². The quantitative estimate of drug-likeness (QED) is 0.654. The van der Waals surface area contributed by atoms with Crippen LogP contribution in [0.5, 0.6) is 0 Å². The predicted octanol–water partition coefficient (Wildman–Crippen LogP) is 4.48. The number of ether oxygens (including phenoxy) is 1. The van der Waals surface area contributed by atoms with Gasteiger partial charge < -0.3 is 4.74 Å². The lowest BCUT2D eigenvalue weighted by atomic mass is 9.96. The van der Waals surface area contributed by atoms with Gasteiger partial charge in [0.15, 0.2) is 0 Å². The van der Waals surface area contributed by atoms with E-state index in [0.717, 1.165) is 0 Å². The molecule has 0 unspecified atom stereocenters. The van der Waals surface area contributed by atoms with E-state index in [9.17, 15) is 9.18 Å². The van der Waals surface area contributed by atoms with Gasteiger partial charge in [-0.1, -0.05) is 29.8 Å². The van der Waals surface area contributed by atoms with Gasteiger partial charge in [0.1, 0.15) is 5.82 Å². The van der Waals surface area contributed by atoms with Gasteiger partial charge in [-0.15, -0.1) is 0 Å². The summed E-state index contributed by atoms with van der Waals surface area (Å²) in [6.07, 6.45) is 1.39. The summed E-state index contributed by atoms with van der Waals surface area (Å²) in [4.78, 5) is 16.3. The fourth-order valence-electron chi connectivity index (χ4n) is 2.38. The Balaban J connectivity index is 2.44. The number of hydrogen-bond acceptors (Lipinski definition) is 3. The van der Waals surface area contributed by atoms with Gasteiger partial charge in [0.2, 0.25) is 0 Å². The molecule has 2 aromatic carbocycles. The summed E-state index contributed by atoms with van der Waals surface area (Å²) in [5.74, 6) is -1.01. The van der Waals surface area contributed by atoms with Crippen LogP contribution in [0.3, 0.4) is 0 Å². The molecule has 1 aromatic heterocycles. The maximum Gasteiger partial charge on any atom is 0.340 e. The molecule has 0 aliphatic carbocycles. The lowest BCUT2D eigenvalue weighted by Crippen LogP contribution is -2.06. The van der Waals surface area contributed by atoms with Crippen molar-refractivity contribution >= 4 is 28.5 Å². The van der Waals surface area contributed by atoms with Crippen molar-refractivity contribution in [1.82, 2.24) is 4.98 Å². The number of aromatic nitrogens is 1. The topological polar surface area (TPSA) is 39.2 Å². The van der Waals surface area contributed by atoms with E-state index in [0.29, 0.717) is 27.1 Å². The first-order chi connectivity index (χ1) is 10.6. The second kappa shape index (κ2) is 5.73. The van der Waals surface area contributed by atoms with Crippen LogP contribution >= 0.6 is 11.6 Å². The van der Waals surface area contributed by atoms with Gasteiger partial charge in [-0.2, -0.15) is 0 Å². The number of methoxy groups -OCH3 is 1. The number of carbonyl (C=O) groups is 1. The third-order valence-corrected chi connectivity index (χ3v) is 3.61. The molecule has 0 spiro atoms. The summed E-state index contributed by atoms with van der Waals surface area (Å²) in [7, 11) is 1.27. The van der Waals surface area contributed by atoms with Crippen molar-refractivity contribution in [3.63, 3.8) is 0 Å². The zero-order valence-corrected chi connectivity index (χ0v) is 12.4. The smallest absolute Gasteiger partial charge is 0.340 e. The maximum absolute atomic E-state index is 14.2. The van der Waals surface area contributed by atoms with Crippen LogP contribution < -0.4 is 0 Å². The van der Waals surface area contributed by atoms with E-state index < -0.39 is 11.8 Å². The highest BCUT2D eigenvalue weighted by molar-refractivity contribution is 6.31. The average molecular weight is 316 g/mol. The van der Waals surface area contributed by atoms with Gasteiger partial charge in [-0.05, 0) is 24.3 Å². The largest absolute Gasteiger partial charge is 0.465 e. The Labute approximate surface area is 131 Å². The standard InChI is InChI=1S/C17H11ClFNO2/c1-22-17(21)13-9-20-15-7-6-10(18)8-12(15)16(13)11-4-2-3-5-14(11)19/h2-9H,1H3. The third kappa shape index (κ3) is 2.42. The van der Waals surface area contributed by atoms with Crippen molar-refractivity contribution in [2.45, 2.75) is 0 Å². The second-order valence-corrected chi connectivity index (χ2v) is 5.12. The summed E-state index contributed by atoms with van der Waals surface area (Å²) < 4.78 is 19.0. The lowest BCUT2D eigenvalue weighted by molar-refractivity contribution is 0.0601. The molecular formula is C17H11ClFNO2. The van der Waals surface area contributed by atoms with Crippen molar-refractivity contribution in [2.75, 3.05) is 7.11 Å². The van der Waals surface area contributed by atoms with Gasteiger partial charge in [0.25, 0.3) is 0 Å². The first-order valence-corrected chi connectivity index (χ1v) is 6.91.